The molecular weight excluding hydrogens is 542 g/mol. The van der Waals surface area contributed by atoms with Crippen molar-refractivity contribution in [2.75, 3.05) is 0 Å². The van der Waals surface area contributed by atoms with E-state index in [1.165, 1.54) is 44.9 Å². The van der Waals surface area contributed by atoms with E-state index >= 15 is 0 Å². The monoisotopic (exact) mass is 605 g/mol. The first-order valence-corrected chi connectivity index (χ1v) is 17.3. The van der Waals surface area contributed by atoms with E-state index in [1.54, 1.807) is 20.8 Å². The zero-order chi connectivity index (χ0) is 32.2. The van der Waals surface area contributed by atoms with Crippen molar-refractivity contribution in [2.24, 2.45) is 46.7 Å². The van der Waals surface area contributed by atoms with Crippen LogP contribution in [0.4, 0.5) is 0 Å². The topological polar surface area (TPSA) is 105 Å². The number of carbonyl (C=O) groups is 3. The highest BCUT2D eigenvalue weighted by Crippen LogP contribution is 2.61. The molecule has 7 heteroatoms. The van der Waals surface area contributed by atoms with Crippen molar-refractivity contribution in [1.29, 1.82) is 0 Å². The minimum absolute atomic E-state index is 0.0752. The van der Waals surface area contributed by atoms with Gasteiger partial charge in [0.1, 0.15) is 23.3 Å². The summed E-state index contributed by atoms with van der Waals surface area (Å²) in [5, 5.41) is 0. The zero-order valence-corrected chi connectivity index (χ0v) is 28.8. The molecule has 0 aliphatic heterocycles. The predicted octanol–water partition coefficient (Wildman–Crippen LogP) is 7.76. The molecule has 0 amide bonds. The van der Waals surface area contributed by atoms with E-state index in [0.29, 0.717) is 24.2 Å². The van der Waals surface area contributed by atoms with Crippen molar-refractivity contribution in [1.82, 2.24) is 0 Å². The van der Waals surface area contributed by atoms with Crippen LogP contribution in [0.25, 0.3) is 0 Å². The standard InChI is InChI=1S/C36H63NO6/c1-10-24(23(2)20-31(38)42-34(3,4)5)14-15-25-12-11-13-29-28(25)17-16-26-21-27(18-19-36(26,29)9)41-33(40)30(37)22-32(39)43-35(6,7)8/h23-30H,10-22,37H2,1-9H3/t23-,24?,25?,26?,27-,28?,29?,30+,36+/m1/s1. The van der Waals surface area contributed by atoms with Crippen molar-refractivity contribution in [3.05, 3.63) is 0 Å². The van der Waals surface area contributed by atoms with Crippen LogP contribution in [0.15, 0.2) is 0 Å². The lowest BCUT2D eigenvalue weighted by atomic mass is 9.47. The van der Waals surface area contributed by atoms with E-state index in [0.717, 1.165) is 43.4 Å². The van der Waals surface area contributed by atoms with E-state index in [9.17, 15) is 14.4 Å². The molecule has 0 spiro atoms. The van der Waals surface area contributed by atoms with Crippen LogP contribution in [0.5, 0.6) is 0 Å². The van der Waals surface area contributed by atoms with Gasteiger partial charge < -0.3 is 19.9 Å². The predicted molar refractivity (Wildman–Crippen MR) is 170 cm³/mol. The normalized spacial score (nSPS) is 31.5. The van der Waals surface area contributed by atoms with Gasteiger partial charge in [-0.05, 0) is 134 Å². The Morgan fingerprint density at radius 1 is 0.907 bits per heavy atom. The molecule has 0 heterocycles. The van der Waals surface area contributed by atoms with Gasteiger partial charge in [0.15, 0.2) is 0 Å². The minimum atomic E-state index is -0.989. The van der Waals surface area contributed by atoms with Crippen LogP contribution in [0.2, 0.25) is 0 Å². The smallest absolute Gasteiger partial charge is 0.323 e. The Balaban J connectivity index is 1.53. The first kappa shape index (κ1) is 35.8. The highest BCUT2D eigenvalue weighted by atomic mass is 16.6. The Hall–Kier alpha value is -1.63. The Labute approximate surface area is 262 Å². The number of rotatable bonds is 11. The fourth-order valence-electron chi connectivity index (χ4n) is 8.82. The summed E-state index contributed by atoms with van der Waals surface area (Å²) in [4.78, 5) is 37.4. The van der Waals surface area contributed by atoms with Crippen molar-refractivity contribution in [2.45, 2.75) is 169 Å². The van der Waals surface area contributed by atoms with Crippen molar-refractivity contribution >= 4 is 17.9 Å². The van der Waals surface area contributed by atoms with Crippen LogP contribution in [0.1, 0.15) is 146 Å². The van der Waals surface area contributed by atoms with Crippen LogP contribution < -0.4 is 5.73 Å². The number of fused-ring (bicyclic) bond motifs is 3. The lowest BCUT2D eigenvalue weighted by molar-refractivity contribution is -0.165. The van der Waals surface area contributed by atoms with Crippen LogP contribution in [-0.4, -0.2) is 41.3 Å². The number of nitrogens with two attached hydrogens (primary N) is 1. The van der Waals surface area contributed by atoms with E-state index in [1.807, 2.05) is 20.8 Å². The van der Waals surface area contributed by atoms with Gasteiger partial charge in [-0.3, -0.25) is 14.4 Å². The van der Waals surface area contributed by atoms with E-state index in [2.05, 4.69) is 20.8 Å². The Bertz CT molecular complexity index is 950. The molecule has 0 radical (unpaired) electrons. The van der Waals surface area contributed by atoms with Gasteiger partial charge in [0, 0.05) is 6.42 Å². The number of ether oxygens (including phenoxy) is 3. The Kier molecular flexibility index (Phi) is 12.2. The molecule has 3 aliphatic carbocycles. The summed E-state index contributed by atoms with van der Waals surface area (Å²) in [6.07, 6.45) is 13.0. The summed E-state index contributed by atoms with van der Waals surface area (Å²) in [6.45, 7) is 18.2. The SMILES string of the molecule is CCC(CCC1CCCC2C1CCC1C[C@H](OC(=O)[C@@H](N)CC(=O)OC(C)(C)C)CC[C@@]12C)[C@H](C)CC(=O)OC(C)(C)C. The Morgan fingerprint density at radius 2 is 1.53 bits per heavy atom. The second-order valence-corrected chi connectivity index (χ2v) is 16.5. The molecule has 7 nitrogen and oxygen atoms in total. The number of hydrogen-bond acceptors (Lipinski definition) is 7. The third kappa shape index (κ3) is 10.2. The summed E-state index contributed by atoms with van der Waals surface area (Å²) >= 11 is 0. The third-order valence-electron chi connectivity index (χ3n) is 10.9. The molecule has 0 bridgehead atoms. The largest absolute Gasteiger partial charge is 0.461 e. The van der Waals surface area contributed by atoms with Crippen molar-refractivity contribution in [3.8, 4) is 0 Å². The highest BCUT2D eigenvalue weighted by Gasteiger charge is 2.53. The van der Waals surface area contributed by atoms with Gasteiger partial charge in [-0.2, -0.15) is 0 Å². The van der Waals surface area contributed by atoms with Crippen molar-refractivity contribution < 1.29 is 28.6 Å². The van der Waals surface area contributed by atoms with Gasteiger partial charge >= 0.3 is 17.9 Å². The van der Waals surface area contributed by atoms with Gasteiger partial charge in [0.05, 0.1) is 6.42 Å². The summed E-state index contributed by atoms with van der Waals surface area (Å²) in [5.74, 6) is 2.67. The molecule has 0 aromatic carbocycles. The second kappa shape index (κ2) is 14.6. The molecule has 248 valence electrons. The van der Waals surface area contributed by atoms with Gasteiger partial charge in [-0.25, -0.2) is 0 Å². The van der Waals surface area contributed by atoms with E-state index in [-0.39, 0.29) is 23.9 Å². The maximum absolute atomic E-state index is 12.8. The number of carbonyl (C=O) groups excluding carboxylic acids is 3. The molecule has 3 aliphatic rings. The molecule has 0 aromatic heterocycles. The highest BCUT2D eigenvalue weighted by molar-refractivity contribution is 5.82. The van der Waals surface area contributed by atoms with E-state index < -0.39 is 29.2 Å². The van der Waals surface area contributed by atoms with E-state index in [4.69, 9.17) is 19.9 Å². The maximum Gasteiger partial charge on any atom is 0.323 e. The molecule has 43 heavy (non-hydrogen) atoms. The van der Waals surface area contributed by atoms with Crippen LogP contribution in [0.3, 0.4) is 0 Å². The molecular formula is C36H63NO6. The summed E-state index contributed by atoms with van der Waals surface area (Å²) in [6, 6.07) is -0.989. The number of hydrogen-bond donors (Lipinski definition) is 1. The Morgan fingerprint density at radius 3 is 2.14 bits per heavy atom. The summed E-state index contributed by atoms with van der Waals surface area (Å²) < 4.78 is 16.8. The van der Waals surface area contributed by atoms with Crippen LogP contribution >= 0.6 is 0 Å². The first-order chi connectivity index (χ1) is 19.9. The lowest BCUT2D eigenvalue weighted by Gasteiger charge is -2.58. The molecule has 9 atom stereocenters. The molecule has 3 fully saturated rings. The maximum atomic E-state index is 12.8. The van der Waals surface area contributed by atoms with Gasteiger partial charge in [0.25, 0.3) is 0 Å². The number of esters is 3. The lowest BCUT2D eigenvalue weighted by Crippen LogP contribution is -2.51. The summed E-state index contributed by atoms with van der Waals surface area (Å²) in [5.41, 5.74) is 5.29. The zero-order valence-electron chi connectivity index (χ0n) is 28.8. The first-order valence-electron chi connectivity index (χ1n) is 17.3. The molecule has 2 N–H and O–H groups in total. The molecule has 5 unspecified atom stereocenters. The molecule has 0 aromatic rings. The quantitative estimate of drug-likeness (QED) is 0.189. The molecule has 3 saturated carbocycles. The average Bonchev–Trinajstić information content (AvgIpc) is 2.87. The van der Waals surface area contributed by atoms with Gasteiger partial charge in [-0.15, -0.1) is 0 Å². The average molecular weight is 606 g/mol. The fraction of sp³-hybridized carbons (Fsp3) is 0.917. The fourth-order valence-corrected chi connectivity index (χ4v) is 8.82. The molecule has 3 rings (SSSR count). The van der Waals surface area contributed by atoms with Gasteiger partial charge in [0.2, 0.25) is 0 Å². The van der Waals surface area contributed by atoms with Crippen molar-refractivity contribution in [3.63, 3.8) is 0 Å². The summed E-state index contributed by atoms with van der Waals surface area (Å²) in [7, 11) is 0. The van der Waals surface area contributed by atoms with Gasteiger partial charge in [-0.1, -0.05) is 40.0 Å². The third-order valence-corrected chi connectivity index (χ3v) is 10.9. The second-order valence-electron chi connectivity index (χ2n) is 16.5. The van der Waals surface area contributed by atoms with Crippen LogP contribution in [-0.2, 0) is 28.6 Å². The van der Waals surface area contributed by atoms with Crippen LogP contribution in [0, 0.1) is 40.9 Å². The molecule has 0 saturated heterocycles. The minimum Gasteiger partial charge on any atom is -0.461 e.